The summed E-state index contributed by atoms with van der Waals surface area (Å²) in [6.45, 7) is 1.09. The van der Waals surface area contributed by atoms with Gasteiger partial charge < -0.3 is 16.0 Å². The highest BCUT2D eigenvalue weighted by molar-refractivity contribution is 6.03. The lowest BCUT2D eigenvalue weighted by atomic mass is 9.68. The van der Waals surface area contributed by atoms with Crippen molar-refractivity contribution in [3.8, 4) is 0 Å². The predicted molar refractivity (Wildman–Crippen MR) is 82.0 cm³/mol. The zero-order valence-corrected chi connectivity index (χ0v) is 12.1. The van der Waals surface area contributed by atoms with Crippen LogP contribution >= 0.6 is 0 Å². The fraction of sp³-hybridized carbons (Fsp3) is 0.500. The number of para-hydroxylation sites is 2. The third kappa shape index (κ3) is 2.42. The molecule has 3 rings (SSSR count). The molecule has 0 unspecified atom stereocenters. The highest BCUT2D eigenvalue weighted by atomic mass is 16.2. The van der Waals surface area contributed by atoms with E-state index >= 15 is 0 Å². The summed E-state index contributed by atoms with van der Waals surface area (Å²) in [7, 11) is 0. The number of amides is 2. The molecule has 2 aliphatic rings. The van der Waals surface area contributed by atoms with E-state index in [1.165, 1.54) is 0 Å². The van der Waals surface area contributed by atoms with Crippen molar-refractivity contribution in [3.63, 3.8) is 0 Å². The van der Waals surface area contributed by atoms with Gasteiger partial charge in [0.15, 0.2) is 0 Å². The second-order valence-corrected chi connectivity index (χ2v) is 5.96. The van der Waals surface area contributed by atoms with Crippen molar-refractivity contribution in [2.75, 3.05) is 23.3 Å². The first kappa shape index (κ1) is 14.1. The molecule has 21 heavy (non-hydrogen) atoms. The Morgan fingerprint density at radius 3 is 2.62 bits per heavy atom. The van der Waals surface area contributed by atoms with Crippen molar-refractivity contribution < 1.29 is 9.59 Å². The van der Waals surface area contributed by atoms with E-state index in [2.05, 4.69) is 5.32 Å². The van der Waals surface area contributed by atoms with Crippen LogP contribution in [0.25, 0.3) is 0 Å². The lowest BCUT2D eigenvalue weighted by Crippen LogP contribution is -2.47. The van der Waals surface area contributed by atoms with E-state index in [9.17, 15) is 9.59 Å². The molecule has 3 N–H and O–H groups in total. The first-order chi connectivity index (χ1) is 10.2. The molecule has 1 aromatic carbocycles. The van der Waals surface area contributed by atoms with Gasteiger partial charge in [0.25, 0.3) is 0 Å². The first-order valence-corrected chi connectivity index (χ1v) is 7.57. The SMILES string of the molecule is NCC1(C(=O)Nc2ccccc2N2CCCC2=O)CCC1. The minimum atomic E-state index is -0.415. The number of nitrogens with zero attached hydrogens (tertiary/aromatic N) is 1. The van der Waals surface area contributed by atoms with E-state index in [1.807, 2.05) is 24.3 Å². The Balaban J connectivity index is 1.82. The van der Waals surface area contributed by atoms with Crippen LogP contribution < -0.4 is 16.0 Å². The predicted octanol–water partition coefficient (Wildman–Crippen LogP) is 1.88. The molecule has 2 fully saturated rings. The number of carbonyl (C=O) groups is 2. The third-order valence-electron chi connectivity index (χ3n) is 4.70. The average molecular weight is 287 g/mol. The van der Waals surface area contributed by atoms with Crippen molar-refractivity contribution >= 4 is 23.2 Å². The molecule has 0 bridgehead atoms. The van der Waals surface area contributed by atoms with Crippen LogP contribution in [0.2, 0.25) is 0 Å². The van der Waals surface area contributed by atoms with Crippen molar-refractivity contribution in [1.29, 1.82) is 0 Å². The lowest BCUT2D eigenvalue weighted by Gasteiger charge is -2.39. The van der Waals surface area contributed by atoms with Crippen molar-refractivity contribution in [1.82, 2.24) is 0 Å². The normalized spacial score (nSPS) is 20.2. The van der Waals surface area contributed by atoms with Gasteiger partial charge in [-0.2, -0.15) is 0 Å². The Morgan fingerprint density at radius 2 is 2.05 bits per heavy atom. The Morgan fingerprint density at radius 1 is 1.29 bits per heavy atom. The molecule has 5 heteroatoms. The van der Waals surface area contributed by atoms with Crippen LogP contribution in [0.5, 0.6) is 0 Å². The van der Waals surface area contributed by atoms with Gasteiger partial charge in [0.05, 0.1) is 16.8 Å². The van der Waals surface area contributed by atoms with E-state index in [0.29, 0.717) is 25.2 Å². The minimum Gasteiger partial charge on any atom is -0.329 e. The van der Waals surface area contributed by atoms with E-state index in [-0.39, 0.29) is 11.8 Å². The van der Waals surface area contributed by atoms with Gasteiger partial charge >= 0.3 is 0 Å². The maximum absolute atomic E-state index is 12.5. The molecule has 2 amide bonds. The highest BCUT2D eigenvalue weighted by Crippen LogP contribution is 2.41. The molecular weight excluding hydrogens is 266 g/mol. The van der Waals surface area contributed by atoms with Gasteiger partial charge in [-0.25, -0.2) is 0 Å². The van der Waals surface area contributed by atoms with Crippen LogP contribution in [0.3, 0.4) is 0 Å². The number of nitrogens with one attached hydrogen (secondary N) is 1. The molecule has 1 saturated carbocycles. The Kier molecular flexibility index (Phi) is 3.68. The van der Waals surface area contributed by atoms with E-state index in [4.69, 9.17) is 5.73 Å². The molecule has 1 aromatic rings. The number of anilines is 2. The zero-order valence-electron chi connectivity index (χ0n) is 12.1. The Bertz CT molecular complexity index is 561. The van der Waals surface area contributed by atoms with Gasteiger partial charge in [-0.05, 0) is 31.4 Å². The van der Waals surface area contributed by atoms with Gasteiger partial charge in [-0.15, -0.1) is 0 Å². The van der Waals surface area contributed by atoms with E-state index < -0.39 is 5.41 Å². The third-order valence-corrected chi connectivity index (χ3v) is 4.70. The van der Waals surface area contributed by atoms with E-state index in [1.54, 1.807) is 4.90 Å². The summed E-state index contributed by atoms with van der Waals surface area (Å²) in [6.07, 6.45) is 4.19. The summed E-state index contributed by atoms with van der Waals surface area (Å²) < 4.78 is 0. The van der Waals surface area contributed by atoms with Crippen LogP contribution in [-0.4, -0.2) is 24.9 Å². The van der Waals surface area contributed by atoms with Gasteiger partial charge in [-0.3, -0.25) is 9.59 Å². The fourth-order valence-corrected chi connectivity index (χ4v) is 3.10. The van der Waals surface area contributed by atoms with Gasteiger partial charge in [0.1, 0.15) is 0 Å². The monoisotopic (exact) mass is 287 g/mol. The molecule has 5 nitrogen and oxygen atoms in total. The second kappa shape index (κ2) is 5.48. The molecule has 0 spiro atoms. The Labute approximate surface area is 124 Å². The maximum Gasteiger partial charge on any atom is 0.231 e. The van der Waals surface area contributed by atoms with Crippen molar-refractivity contribution in [2.45, 2.75) is 32.1 Å². The molecule has 1 heterocycles. The topological polar surface area (TPSA) is 75.4 Å². The Hall–Kier alpha value is -1.88. The maximum atomic E-state index is 12.5. The molecular formula is C16H21N3O2. The fourth-order valence-electron chi connectivity index (χ4n) is 3.10. The number of carbonyl (C=O) groups excluding carboxylic acids is 2. The molecule has 0 aromatic heterocycles. The number of nitrogens with two attached hydrogens (primary N) is 1. The summed E-state index contributed by atoms with van der Waals surface area (Å²) in [5, 5.41) is 2.99. The van der Waals surface area contributed by atoms with Crippen LogP contribution in [0.1, 0.15) is 32.1 Å². The van der Waals surface area contributed by atoms with Crippen LogP contribution in [0.15, 0.2) is 24.3 Å². The molecule has 0 atom stereocenters. The number of rotatable bonds is 4. The molecule has 1 aliphatic carbocycles. The molecule has 1 aliphatic heterocycles. The van der Waals surface area contributed by atoms with E-state index in [0.717, 1.165) is 31.4 Å². The zero-order chi connectivity index (χ0) is 14.9. The highest BCUT2D eigenvalue weighted by Gasteiger charge is 2.43. The summed E-state index contributed by atoms with van der Waals surface area (Å²) in [4.78, 5) is 26.2. The summed E-state index contributed by atoms with van der Waals surface area (Å²) in [5.41, 5.74) is 6.86. The molecule has 112 valence electrons. The lowest BCUT2D eigenvalue weighted by molar-refractivity contribution is -0.129. The first-order valence-electron chi connectivity index (χ1n) is 7.57. The second-order valence-electron chi connectivity index (χ2n) is 5.96. The number of hydrogen-bond acceptors (Lipinski definition) is 3. The van der Waals surface area contributed by atoms with Crippen molar-refractivity contribution in [2.24, 2.45) is 11.1 Å². The summed E-state index contributed by atoms with van der Waals surface area (Å²) >= 11 is 0. The van der Waals surface area contributed by atoms with Crippen LogP contribution in [0, 0.1) is 5.41 Å². The van der Waals surface area contributed by atoms with Crippen LogP contribution in [-0.2, 0) is 9.59 Å². The van der Waals surface area contributed by atoms with Gasteiger partial charge in [0.2, 0.25) is 11.8 Å². The number of hydrogen-bond donors (Lipinski definition) is 2. The summed E-state index contributed by atoms with van der Waals surface area (Å²) in [6, 6.07) is 7.49. The summed E-state index contributed by atoms with van der Waals surface area (Å²) in [5.74, 6) is 0.101. The standard InChI is InChI=1S/C16H21N3O2/c17-11-16(8-4-9-16)15(21)18-12-5-1-2-6-13(12)19-10-3-7-14(19)20/h1-2,5-6H,3-4,7-11,17H2,(H,18,21). The van der Waals surface area contributed by atoms with Gasteiger partial charge in [0, 0.05) is 19.5 Å². The van der Waals surface area contributed by atoms with Gasteiger partial charge in [-0.1, -0.05) is 18.6 Å². The smallest absolute Gasteiger partial charge is 0.231 e. The molecule has 1 saturated heterocycles. The van der Waals surface area contributed by atoms with Crippen LogP contribution in [0.4, 0.5) is 11.4 Å². The van der Waals surface area contributed by atoms with Crippen molar-refractivity contribution in [3.05, 3.63) is 24.3 Å². The number of benzene rings is 1. The largest absolute Gasteiger partial charge is 0.329 e. The minimum absolute atomic E-state index is 0.0182. The molecule has 0 radical (unpaired) electrons. The average Bonchev–Trinajstić information content (AvgIpc) is 2.85. The quantitative estimate of drug-likeness (QED) is 0.888.